The number of benzene rings is 2. The van der Waals surface area contributed by atoms with E-state index in [2.05, 4.69) is 4.90 Å². The minimum atomic E-state index is -0.830. The molecule has 2 saturated heterocycles. The Morgan fingerprint density at radius 2 is 1.81 bits per heavy atom. The smallest absolute Gasteiger partial charge is 0.295 e. The zero-order valence-electron chi connectivity index (χ0n) is 21.2. The molecule has 4 rings (SSSR count). The van der Waals surface area contributed by atoms with Gasteiger partial charge in [-0.25, -0.2) is 4.39 Å². The van der Waals surface area contributed by atoms with Crippen molar-refractivity contribution in [3.63, 3.8) is 0 Å². The van der Waals surface area contributed by atoms with Gasteiger partial charge in [0.1, 0.15) is 11.6 Å². The molecule has 2 aromatic rings. The number of aliphatic hydroxyl groups is 1. The molecule has 0 aromatic heterocycles. The second kappa shape index (κ2) is 12.2. The molecule has 0 aliphatic carbocycles. The highest BCUT2D eigenvalue weighted by molar-refractivity contribution is 6.46. The molecule has 198 valence electrons. The second-order valence-corrected chi connectivity index (χ2v) is 9.07. The molecule has 9 heteroatoms. The van der Waals surface area contributed by atoms with Gasteiger partial charge in [-0.3, -0.25) is 14.5 Å². The Morgan fingerprint density at radius 3 is 2.49 bits per heavy atom. The van der Waals surface area contributed by atoms with E-state index >= 15 is 0 Å². The van der Waals surface area contributed by atoms with Crippen LogP contribution in [0.4, 0.5) is 4.39 Å². The summed E-state index contributed by atoms with van der Waals surface area (Å²) in [5, 5.41) is 11.2. The van der Waals surface area contributed by atoms with Crippen LogP contribution in [0.2, 0.25) is 0 Å². The van der Waals surface area contributed by atoms with Gasteiger partial charge in [0.15, 0.2) is 11.5 Å². The van der Waals surface area contributed by atoms with Gasteiger partial charge in [-0.05, 0) is 54.8 Å². The van der Waals surface area contributed by atoms with Gasteiger partial charge in [0.25, 0.3) is 11.7 Å². The molecule has 37 heavy (non-hydrogen) atoms. The van der Waals surface area contributed by atoms with Crippen LogP contribution in [0.5, 0.6) is 11.5 Å². The van der Waals surface area contributed by atoms with Crippen molar-refractivity contribution >= 4 is 17.4 Å². The lowest BCUT2D eigenvalue weighted by Crippen LogP contribution is -2.39. The summed E-state index contributed by atoms with van der Waals surface area (Å²) in [7, 11) is 1.52. The van der Waals surface area contributed by atoms with E-state index in [1.807, 2.05) is 6.92 Å². The Labute approximate surface area is 216 Å². The molecule has 1 amide bonds. The lowest BCUT2D eigenvalue weighted by atomic mass is 9.95. The number of ketones is 1. The third-order valence-electron chi connectivity index (χ3n) is 6.60. The minimum absolute atomic E-state index is 0.0349. The summed E-state index contributed by atoms with van der Waals surface area (Å²) < 4.78 is 30.2. The summed E-state index contributed by atoms with van der Waals surface area (Å²) >= 11 is 0. The van der Waals surface area contributed by atoms with Crippen LogP contribution in [0.3, 0.4) is 0 Å². The van der Waals surface area contributed by atoms with Crippen molar-refractivity contribution < 1.29 is 33.3 Å². The van der Waals surface area contributed by atoms with Crippen molar-refractivity contribution in [2.24, 2.45) is 0 Å². The number of likely N-dealkylation sites (tertiary alicyclic amines) is 1. The van der Waals surface area contributed by atoms with Crippen molar-refractivity contribution in [3.05, 3.63) is 65.0 Å². The van der Waals surface area contributed by atoms with E-state index in [-0.39, 0.29) is 16.9 Å². The van der Waals surface area contributed by atoms with Crippen molar-refractivity contribution in [1.82, 2.24) is 9.80 Å². The fourth-order valence-corrected chi connectivity index (χ4v) is 4.70. The van der Waals surface area contributed by atoms with E-state index < -0.39 is 23.5 Å². The number of aliphatic hydroxyl groups excluding tert-OH is 1. The number of amides is 1. The SMILES string of the molecule is CCCOc1ccc([C@H]2/C(=C(\O)c3ccc(F)cc3)C(=O)C(=O)N2CCCN2CCOCC2)cc1OC. The molecule has 2 fully saturated rings. The molecule has 1 N–H and O–H groups in total. The van der Waals surface area contributed by atoms with Crippen molar-refractivity contribution in [1.29, 1.82) is 0 Å². The lowest BCUT2D eigenvalue weighted by Gasteiger charge is -2.29. The summed E-state index contributed by atoms with van der Waals surface area (Å²) in [5.41, 5.74) is 0.828. The van der Waals surface area contributed by atoms with Gasteiger partial charge in [-0.15, -0.1) is 0 Å². The maximum absolute atomic E-state index is 13.5. The molecule has 2 aliphatic rings. The average molecular weight is 513 g/mol. The highest BCUT2D eigenvalue weighted by atomic mass is 19.1. The second-order valence-electron chi connectivity index (χ2n) is 9.07. The van der Waals surface area contributed by atoms with Crippen LogP contribution in [0.15, 0.2) is 48.0 Å². The van der Waals surface area contributed by atoms with Crippen LogP contribution < -0.4 is 9.47 Å². The molecule has 0 bridgehead atoms. The van der Waals surface area contributed by atoms with Crippen LogP contribution >= 0.6 is 0 Å². The molecular weight excluding hydrogens is 479 g/mol. The monoisotopic (exact) mass is 512 g/mol. The number of hydrogen-bond donors (Lipinski definition) is 1. The van der Waals surface area contributed by atoms with Gasteiger partial charge in [-0.1, -0.05) is 13.0 Å². The molecule has 0 saturated carbocycles. The maximum atomic E-state index is 13.5. The first-order valence-electron chi connectivity index (χ1n) is 12.6. The van der Waals surface area contributed by atoms with Crippen LogP contribution in [-0.2, 0) is 14.3 Å². The van der Waals surface area contributed by atoms with E-state index in [0.29, 0.717) is 49.8 Å². The lowest BCUT2D eigenvalue weighted by molar-refractivity contribution is -0.140. The van der Waals surface area contributed by atoms with Crippen molar-refractivity contribution in [3.8, 4) is 11.5 Å². The number of morpholine rings is 1. The van der Waals surface area contributed by atoms with Gasteiger partial charge >= 0.3 is 0 Å². The molecular formula is C28H33FN2O6. The van der Waals surface area contributed by atoms with Crippen LogP contribution in [0, 0.1) is 5.82 Å². The topological polar surface area (TPSA) is 88.5 Å². The molecule has 1 atom stereocenters. The molecule has 0 spiro atoms. The number of nitrogens with zero attached hydrogens (tertiary/aromatic N) is 2. The molecule has 8 nitrogen and oxygen atoms in total. The largest absolute Gasteiger partial charge is 0.507 e. The average Bonchev–Trinajstić information content (AvgIpc) is 3.17. The quantitative estimate of drug-likeness (QED) is 0.295. The molecule has 0 unspecified atom stereocenters. The first kappa shape index (κ1) is 26.6. The Morgan fingerprint density at radius 1 is 1.08 bits per heavy atom. The number of rotatable bonds is 10. The van der Waals surface area contributed by atoms with Gasteiger partial charge in [0.05, 0.1) is 38.5 Å². The van der Waals surface area contributed by atoms with Gasteiger partial charge in [0.2, 0.25) is 0 Å². The summed E-state index contributed by atoms with van der Waals surface area (Å²) in [6.45, 7) is 6.59. The minimum Gasteiger partial charge on any atom is -0.507 e. The molecule has 2 heterocycles. The first-order valence-corrected chi connectivity index (χ1v) is 12.6. The fourth-order valence-electron chi connectivity index (χ4n) is 4.70. The fraction of sp³-hybridized carbons (Fsp3) is 0.429. The maximum Gasteiger partial charge on any atom is 0.295 e. The number of halogens is 1. The summed E-state index contributed by atoms with van der Waals surface area (Å²) in [5.74, 6) is -1.25. The zero-order valence-corrected chi connectivity index (χ0v) is 21.2. The van der Waals surface area contributed by atoms with E-state index in [1.54, 1.807) is 18.2 Å². The third kappa shape index (κ3) is 5.94. The Hall–Kier alpha value is -3.43. The Kier molecular flexibility index (Phi) is 8.78. The molecule has 2 aliphatic heterocycles. The first-order chi connectivity index (χ1) is 17.9. The summed E-state index contributed by atoms with van der Waals surface area (Å²) in [6.07, 6.45) is 1.47. The third-order valence-corrected chi connectivity index (χ3v) is 6.60. The van der Waals surface area contributed by atoms with E-state index in [1.165, 1.54) is 36.3 Å². The highest BCUT2D eigenvalue weighted by Crippen LogP contribution is 2.42. The number of methoxy groups -OCH3 is 1. The normalized spacial score (nSPS) is 19.9. The van der Waals surface area contributed by atoms with Crippen molar-refractivity contribution in [2.45, 2.75) is 25.8 Å². The summed E-state index contributed by atoms with van der Waals surface area (Å²) in [4.78, 5) is 30.2. The zero-order chi connectivity index (χ0) is 26.4. The highest BCUT2D eigenvalue weighted by Gasteiger charge is 2.46. The number of hydrogen-bond acceptors (Lipinski definition) is 7. The number of ether oxygens (including phenoxy) is 3. The molecule has 0 radical (unpaired) electrons. The van der Waals surface area contributed by atoms with Crippen LogP contribution in [-0.4, -0.2) is 79.7 Å². The van der Waals surface area contributed by atoms with Crippen molar-refractivity contribution in [2.75, 3.05) is 53.1 Å². The van der Waals surface area contributed by atoms with Crippen LogP contribution in [0.25, 0.3) is 5.76 Å². The summed E-state index contributed by atoms with van der Waals surface area (Å²) in [6, 6.07) is 9.59. The van der Waals surface area contributed by atoms with Gasteiger partial charge < -0.3 is 24.2 Å². The van der Waals surface area contributed by atoms with E-state index in [9.17, 15) is 19.1 Å². The van der Waals surface area contributed by atoms with E-state index in [4.69, 9.17) is 14.2 Å². The standard InChI is InChI=1S/C28H33FN2O6/c1-3-15-37-22-10-7-20(18-23(22)35-2)25-24(26(32)19-5-8-21(29)9-6-19)27(33)28(34)31(25)12-4-11-30-13-16-36-17-14-30/h5-10,18,25,32H,3-4,11-17H2,1-2H3/b26-24+/t25-/m0/s1. The number of carbonyl (C=O) groups excluding carboxylic acids is 2. The number of carbonyl (C=O) groups is 2. The van der Waals surface area contributed by atoms with Crippen LogP contribution in [0.1, 0.15) is 36.9 Å². The predicted molar refractivity (Wildman–Crippen MR) is 136 cm³/mol. The Bertz CT molecular complexity index is 1140. The predicted octanol–water partition coefficient (Wildman–Crippen LogP) is 3.77. The number of Topliss-reactive ketones (excluding diaryl/α,β-unsaturated/α-hetero) is 1. The van der Waals surface area contributed by atoms with E-state index in [0.717, 1.165) is 26.1 Å². The Balaban J connectivity index is 1.70. The van der Waals surface area contributed by atoms with Gasteiger partial charge in [-0.2, -0.15) is 0 Å². The van der Waals surface area contributed by atoms with Gasteiger partial charge in [0, 0.05) is 31.7 Å². The molecule has 2 aromatic carbocycles.